The number of nitrogens with zero attached hydrogens (tertiary/aromatic N) is 2. The number of aromatic nitrogens is 1. The Bertz CT molecular complexity index is 1200. The van der Waals surface area contributed by atoms with Crippen LogP contribution in [0.25, 0.3) is 11.6 Å². The third-order valence-electron chi connectivity index (χ3n) is 4.27. The average Bonchev–Trinajstić information content (AvgIpc) is 2.78. The van der Waals surface area contributed by atoms with Crippen LogP contribution in [0.5, 0.6) is 11.5 Å². The summed E-state index contributed by atoms with van der Waals surface area (Å²) in [6.07, 6.45) is 4.88. The summed E-state index contributed by atoms with van der Waals surface area (Å²) in [6, 6.07) is 16.4. The summed E-state index contributed by atoms with van der Waals surface area (Å²) in [5, 5.41) is 9.74. The molecule has 7 nitrogen and oxygen atoms in total. The Balaban J connectivity index is 2.05. The van der Waals surface area contributed by atoms with E-state index in [0.717, 1.165) is 5.56 Å². The summed E-state index contributed by atoms with van der Waals surface area (Å²) < 4.78 is 38.7. The number of ether oxygens (including phenoxy) is 2. The van der Waals surface area contributed by atoms with E-state index < -0.39 is 10.0 Å². The van der Waals surface area contributed by atoms with Crippen molar-refractivity contribution >= 4 is 27.4 Å². The zero-order valence-corrected chi connectivity index (χ0v) is 17.2. The smallest absolute Gasteiger partial charge is 0.261 e. The molecule has 152 valence electrons. The molecule has 3 rings (SSSR count). The van der Waals surface area contributed by atoms with Gasteiger partial charge in [-0.1, -0.05) is 0 Å². The van der Waals surface area contributed by atoms with Crippen LogP contribution in [0.15, 0.2) is 71.9 Å². The summed E-state index contributed by atoms with van der Waals surface area (Å²) in [5.41, 5.74) is 1.68. The van der Waals surface area contributed by atoms with Crippen molar-refractivity contribution in [3.05, 3.63) is 78.1 Å². The fourth-order valence-electron chi connectivity index (χ4n) is 2.72. The molecular weight excluding hydrogens is 402 g/mol. The first-order chi connectivity index (χ1) is 14.5. The van der Waals surface area contributed by atoms with Crippen LogP contribution < -0.4 is 14.2 Å². The van der Waals surface area contributed by atoms with Crippen molar-refractivity contribution in [1.82, 2.24) is 4.98 Å². The minimum absolute atomic E-state index is 0.0710. The van der Waals surface area contributed by atoms with E-state index in [9.17, 15) is 13.7 Å². The van der Waals surface area contributed by atoms with Gasteiger partial charge < -0.3 is 9.47 Å². The fourth-order valence-corrected chi connectivity index (χ4v) is 3.80. The Morgan fingerprint density at radius 1 is 1.00 bits per heavy atom. The summed E-state index contributed by atoms with van der Waals surface area (Å²) in [6.45, 7) is 0. The van der Waals surface area contributed by atoms with E-state index in [-0.39, 0.29) is 16.2 Å². The van der Waals surface area contributed by atoms with Gasteiger partial charge in [0.2, 0.25) is 0 Å². The number of methoxy groups -OCH3 is 2. The number of sulfonamides is 1. The fraction of sp³-hybridized carbons (Fsp3) is 0.0909. The van der Waals surface area contributed by atoms with E-state index in [0.29, 0.717) is 17.1 Å². The highest BCUT2D eigenvalue weighted by molar-refractivity contribution is 7.92. The highest BCUT2D eigenvalue weighted by atomic mass is 32.2. The van der Waals surface area contributed by atoms with Crippen molar-refractivity contribution in [3.63, 3.8) is 0 Å². The van der Waals surface area contributed by atoms with Crippen LogP contribution in [0.3, 0.4) is 0 Å². The summed E-state index contributed by atoms with van der Waals surface area (Å²) >= 11 is 0. The predicted octanol–water partition coefficient (Wildman–Crippen LogP) is 3.96. The van der Waals surface area contributed by atoms with Crippen molar-refractivity contribution in [3.8, 4) is 17.6 Å². The second kappa shape index (κ2) is 9.11. The summed E-state index contributed by atoms with van der Waals surface area (Å²) in [4.78, 5) is 4.03. The minimum Gasteiger partial charge on any atom is -0.497 e. The topological polar surface area (TPSA) is 101 Å². The van der Waals surface area contributed by atoms with Gasteiger partial charge >= 0.3 is 0 Å². The Kier molecular flexibility index (Phi) is 6.35. The molecule has 0 aliphatic rings. The molecule has 2 aromatic carbocycles. The highest BCUT2D eigenvalue weighted by Gasteiger charge is 2.18. The third kappa shape index (κ3) is 4.77. The van der Waals surface area contributed by atoms with E-state index >= 15 is 0 Å². The number of hydrogen-bond donors (Lipinski definition) is 1. The van der Waals surface area contributed by atoms with Gasteiger partial charge in [0.25, 0.3) is 10.0 Å². The maximum atomic E-state index is 12.9. The molecule has 30 heavy (non-hydrogen) atoms. The Morgan fingerprint density at radius 2 is 1.63 bits per heavy atom. The number of allylic oxidation sites excluding steroid dienone is 1. The second-order valence-electron chi connectivity index (χ2n) is 6.14. The van der Waals surface area contributed by atoms with Gasteiger partial charge in [-0.15, -0.1) is 0 Å². The largest absolute Gasteiger partial charge is 0.497 e. The Hall–Kier alpha value is -3.83. The van der Waals surface area contributed by atoms with Crippen LogP contribution in [-0.2, 0) is 10.0 Å². The van der Waals surface area contributed by atoms with Crippen LogP contribution >= 0.6 is 0 Å². The molecule has 1 aromatic heterocycles. The van der Waals surface area contributed by atoms with Crippen LogP contribution in [0.4, 0.5) is 5.69 Å². The Morgan fingerprint density at radius 3 is 2.23 bits per heavy atom. The lowest BCUT2D eigenvalue weighted by Gasteiger charge is -2.14. The molecule has 8 heteroatoms. The van der Waals surface area contributed by atoms with E-state index in [1.165, 1.54) is 26.4 Å². The molecule has 0 bridgehead atoms. The number of pyridine rings is 1. The van der Waals surface area contributed by atoms with Gasteiger partial charge in [-0.2, -0.15) is 5.26 Å². The summed E-state index contributed by atoms with van der Waals surface area (Å²) in [7, 11) is -0.885. The molecule has 0 radical (unpaired) electrons. The van der Waals surface area contributed by atoms with Gasteiger partial charge in [-0.25, -0.2) is 8.42 Å². The number of nitriles is 1. The number of nitrogens with one attached hydrogen (secondary N) is 1. The third-order valence-corrected chi connectivity index (χ3v) is 5.65. The molecule has 3 aromatic rings. The van der Waals surface area contributed by atoms with Crippen molar-refractivity contribution in [2.24, 2.45) is 0 Å². The molecule has 0 saturated heterocycles. The molecule has 0 saturated carbocycles. The van der Waals surface area contributed by atoms with E-state index in [4.69, 9.17) is 9.47 Å². The van der Waals surface area contributed by atoms with Crippen molar-refractivity contribution in [2.45, 2.75) is 4.90 Å². The lowest BCUT2D eigenvalue weighted by Crippen LogP contribution is -2.14. The molecule has 0 unspecified atom stereocenters. The van der Waals surface area contributed by atoms with E-state index in [1.54, 1.807) is 60.9 Å². The molecule has 0 aliphatic carbocycles. The lowest BCUT2D eigenvalue weighted by molar-refractivity contribution is 0.414. The van der Waals surface area contributed by atoms with Crippen molar-refractivity contribution in [1.29, 1.82) is 5.26 Å². The molecule has 0 spiro atoms. The molecular formula is C22H19N3O4S. The van der Waals surface area contributed by atoms with Crippen molar-refractivity contribution < 1.29 is 17.9 Å². The van der Waals surface area contributed by atoms with Crippen LogP contribution in [0, 0.1) is 11.3 Å². The molecule has 0 atom stereocenters. The van der Waals surface area contributed by atoms with Gasteiger partial charge in [0, 0.05) is 18.0 Å². The lowest BCUT2D eigenvalue weighted by atomic mass is 10.0. The van der Waals surface area contributed by atoms with E-state index in [2.05, 4.69) is 15.8 Å². The standard InChI is InChI=1S/C22H19N3O4S/c1-28-18-3-6-20(7-4-18)30(26,27)25-22-8-5-19(29-2)14-21(22)17(15-23)13-16-9-11-24-12-10-16/h3-14,25H,1-2H3. The Labute approximate surface area is 175 Å². The second-order valence-corrected chi connectivity index (χ2v) is 7.83. The first-order valence-electron chi connectivity index (χ1n) is 8.84. The molecule has 0 fully saturated rings. The average molecular weight is 421 g/mol. The quantitative estimate of drug-likeness (QED) is 0.580. The van der Waals surface area contributed by atoms with Crippen molar-refractivity contribution in [2.75, 3.05) is 18.9 Å². The molecule has 0 aliphatic heterocycles. The van der Waals surface area contributed by atoms with Crippen LogP contribution in [0.2, 0.25) is 0 Å². The maximum absolute atomic E-state index is 12.9. The number of anilines is 1. The van der Waals surface area contributed by atoms with E-state index in [1.807, 2.05) is 0 Å². The van der Waals surface area contributed by atoms with Gasteiger partial charge in [-0.3, -0.25) is 9.71 Å². The zero-order chi connectivity index (χ0) is 21.6. The first kappa shape index (κ1) is 20.9. The normalized spacial score (nSPS) is 11.4. The molecule has 1 N–H and O–H groups in total. The minimum atomic E-state index is -3.89. The van der Waals surface area contributed by atoms with Gasteiger partial charge in [-0.05, 0) is 66.2 Å². The van der Waals surface area contributed by atoms with Crippen LogP contribution in [-0.4, -0.2) is 27.6 Å². The number of benzene rings is 2. The predicted molar refractivity (Wildman–Crippen MR) is 115 cm³/mol. The molecule has 1 heterocycles. The molecule has 0 amide bonds. The SMILES string of the molecule is COc1ccc(S(=O)(=O)Nc2ccc(OC)cc2C(C#N)=Cc2ccncc2)cc1. The maximum Gasteiger partial charge on any atom is 0.261 e. The monoisotopic (exact) mass is 421 g/mol. The number of hydrogen-bond acceptors (Lipinski definition) is 6. The number of rotatable bonds is 7. The first-order valence-corrected chi connectivity index (χ1v) is 10.3. The van der Waals surface area contributed by atoms with Crippen LogP contribution in [0.1, 0.15) is 11.1 Å². The zero-order valence-electron chi connectivity index (χ0n) is 16.4. The van der Waals surface area contributed by atoms with Gasteiger partial charge in [0.1, 0.15) is 11.5 Å². The van der Waals surface area contributed by atoms with Gasteiger partial charge in [0.15, 0.2) is 0 Å². The highest BCUT2D eigenvalue weighted by Crippen LogP contribution is 2.31. The summed E-state index contributed by atoms with van der Waals surface area (Å²) in [5.74, 6) is 1.04. The van der Waals surface area contributed by atoms with Gasteiger partial charge in [0.05, 0.1) is 36.4 Å².